The Morgan fingerprint density at radius 2 is 1.89 bits per heavy atom. The quantitative estimate of drug-likeness (QED) is 0.840. The first-order valence-corrected chi connectivity index (χ1v) is 6.77. The molecule has 0 radical (unpaired) electrons. The zero-order valence-corrected chi connectivity index (χ0v) is 11.5. The summed E-state index contributed by atoms with van der Waals surface area (Å²) in [7, 11) is 0. The molecule has 0 amide bonds. The van der Waals surface area contributed by atoms with Crippen molar-refractivity contribution in [3.63, 3.8) is 0 Å². The number of H-pyrrole nitrogens is 1. The van der Waals surface area contributed by atoms with Crippen molar-refractivity contribution >= 4 is 0 Å². The smallest absolute Gasteiger partial charge is 0.331 e. The minimum absolute atomic E-state index is 0.166. The first kappa shape index (κ1) is 13.9. The number of nitrogens with one attached hydrogen (secondary N) is 1. The zero-order valence-electron chi connectivity index (χ0n) is 11.5. The first-order valence-electron chi connectivity index (χ1n) is 6.77. The molecule has 0 saturated carbocycles. The van der Waals surface area contributed by atoms with Gasteiger partial charge in [-0.05, 0) is 39.8 Å². The van der Waals surface area contributed by atoms with Gasteiger partial charge in [0, 0.05) is 6.54 Å². The third kappa shape index (κ3) is 2.89. The number of aromatic amines is 1. The van der Waals surface area contributed by atoms with Crippen molar-refractivity contribution in [3.8, 4) is 5.88 Å². The number of rotatable bonds is 3. The van der Waals surface area contributed by atoms with Crippen molar-refractivity contribution in [1.82, 2.24) is 14.5 Å². The van der Waals surface area contributed by atoms with Crippen LogP contribution in [0.3, 0.4) is 0 Å². The molecule has 1 atom stereocenters. The van der Waals surface area contributed by atoms with Crippen LogP contribution in [0.2, 0.25) is 0 Å². The monoisotopic (exact) mass is 267 g/mol. The van der Waals surface area contributed by atoms with Gasteiger partial charge in [-0.1, -0.05) is 6.42 Å². The van der Waals surface area contributed by atoms with Crippen LogP contribution in [0.1, 0.15) is 37.8 Å². The van der Waals surface area contributed by atoms with Gasteiger partial charge in [0.1, 0.15) is 0 Å². The fraction of sp³-hybridized carbons (Fsp3) is 0.692. The average molecular weight is 267 g/mol. The summed E-state index contributed by atoms with van der Waals surface area (Å²) in [6.45, 7) is 6.16. The Balaban J connectivity index is 2.23. The minimum Gasteiger partial charge on any atom is -0.494 e. The van der Waals surface area contributed by atoms with Crippen molar-refractivity contribution in [2.45, 2.75) is 39.2 Å². The summed E-state index contributed by atoms with van der Waals surface area (Å²) >= 11 is 0. The third-order valence-electron chi connectivity index (χ3n) is 3.76. The molecule has 6 heteroatoms. The standard InChI is InChI=1S/C13H21N3O3/c1-9(8-15-6-4-3-5-7-15)16-12(18)10(2)11(17)14-13(16)19/h9,18H,3-8H2,1-2H3,(H,14,17,19). The molecule has 19 heavy (non-hydrogen) atoms. The maximum atomic E-state index is 11.8. The Hall–Kier alpha value is -1.56. The predicted octanol–water partition coefficient (Wildman–Crippen LogP) is 0.598. The molecule has 1 saturated heterocycles. The summed E-state index contributed by atoms with van der Waals surface area (Å²) in [4.78, 5) is 27.7. The van der Waals surface area contributed by atoms with Crippen LogP contribution >= 0.6 is 0 Å². The van der Waals surface area contributed by atoms with Crippen LogP contribution in [0.4, 0.5) is 0 Å². The number of likely N-dealkylation sites (tertiary alicyclic amines) is 1. The molecule has 2 heterocycles. The Bertz CT molecular complexity index is 555. The summed E-state index contributed by atoms with van der Waals surface area (Å²) < 4.78 is 1.27. The maximum absolute atomic E-state index is 11.8. The fourth-order valence-corrected chi connectivity index (χ4v) is 2.64. The predicted molar refractivity (Wildman–Crippen MR) is 72.7 cm³/mol. The molecule has 1 aliphatic heterocycles. The summed E-state index contributed by atoms with van der Waals surface area (Å²) in [5.41, 5.74) is -0.883. The van der Waals surface area contributed by atoms with E-state index in [0.717, 1.165) is 13.1 Å². The van der Waals surface area contributed by atoms with Gasteiger partial charge >= 0.3 is 5.69 Å². The molecule has 1 fully saturated rings. The van der Waals surface area contributed by atoms with Crippen LogP contribution in [-0.2, 0) is 0 Å². The minimum atomic E-state index is -0.544. The van der Waals surface area contributed by atoms with Crippen molar-refractivity contribution < 1.29 is 5.11 Å². The highest BCUT2D eigenvalue weighted by Gasteiger charge is 2.19. The number of hydrogen-bond donors (Lipinski definition) is 2. The molecule has 1 unspecified atom stereocenters. The van der Waals surface area contributed by atoms with Crippen molar-refractivity contribution in [2.24, 2.45) is 0 Å². The highest BCUT2D eigenvalue weighted by atomic mass is 16.3. The number of aromatic hydroxyl groups is 1. The van der Waals surface area contributed by atoms with E-state index in [4.69, 9.17) is 0 Å². The second-order valence-corrected chi connectivity index (χ2v) is 5.29. The zero-order chi connectivity index (χ0) is 14.0. The van der Waals surface area contributed by atoms with Crippen molar-refractivity contribution in [1.29, 1.82) is 0 Å². The van der Waals surface area contributed by atoms with E-state index in [-0.39, 0.29) is 17.5 Å². The molecule has 1 aromatic heterocycles. The van der Waals surface area contributed by atoms with Gasteiger partial charge in [-0.2, -0.15) is 0 Å². The lowest BCUT2D eigenvalue weighted by Gasteiger charge is -2.29. The SMILES string of the molecule is Cc1c(O)n(C(C)CN2CCCCC2)c(=O)[nH]c1=O. The van der Waals surface area contributed by atoms with Gasteiger partial charge < -0.3 is 10.0 Å². The van der Waals surface area contributed by atoms with Crippen LogP contribution in [0.25, 0.3) is 0 Å². The molecular weight excluding hydrogens is 246 g/mol. The normalized spacial score (nSPS) is 18.4. The molecule has 1 aliphatic rings. The molecule has 0 bridgehead atoms. The average Bonchev–Trinajstić information content (AvgIpc) is 2.37. The lowest BCUT2D eigenvalue weighted by Crippen LogP contribution is -2.39. The summed E-state index contributed by atoms with van der Waals surface area (Å²) in [5.74, 6) is -0.224. The van der Waals surface area contributed by atoms with Gasteiger partial charge in [0.15, 0.2) is 0 Å². The third-order valence-corrected chi connectivity index (χ3v) is 3.76. The van der Waals surface area contributed by atoms with Crippen molar-refractivity contribution in [2.75, 3.05) is 19.6 Å². The van der Waals surface area contributed by atoms with E-state index in [0.29, 0.717) is 6.54 Å². The fourth-order valence-electron chi connectivity index (χ4n) is 2.64. The number of hydrogen-bond acceptors (Lipinski definition) is 4. The van der Waals surface area contributed by atoms with Crippen molar-refractivity contribution in [3.05, 3.63) is 26.4 Å². The summed E-state index contributed by atoms with van der Waals surface area (Å²) in [6, 6.07) is -0.166. The van der Waals surface area contributed by atoms with Crippen LogP contribution in [0, 0.1) is 6.92 Å². The lowest BCUT2D eigenvalue weighted by atomic mass is 10.1. The Morgan fingerprint density at radius 1 is 1.26 bits per heavy atom. The highest BCUT2D eigenvalue weighted by molar-refractivity contribution is 5.21. The van der Waals surface area contributed by atoms with E-state index in [2.05, 4.69) is 9.88 Å². The van der Waals surface area contributed by atoms with Gasteiger partial charge in [-0.3, -0.25) is 14.3 Å². The second kappa shape index (κ2) is 5.61. The van der Waals surface area contributed by atoms with E-state index < -0.39 is 11.2 Å². The van der Waals surface area contributed by atoms with Gasteiger partial charge in [0.25, 0.3) is 5.56 Å². The molecule has 106 valence electrons. The number of aromatic nitrogens is 2. The summed E-state index contributed by atoms with van der Waals surface area (Å²) in [5, 5.41) is 9.98. The molecule has 0 spiro atoms. The van der Waals surface area contributed by atoms with E-state index >= 15 is 0 Å². The molecule has 2 rings (SSSR count). The Kier molecular flexibility index (Phi) is 4.09. The maximum Gasteiger partial charge on any atom is 0.331 e. The largest absolute Gasteiger partial charge is 0.494 e. The van der Waals surface area contributed by atoms with Gasteiger partial charge in [-0.15, -0.1) is 0 Å². The van der Waals surface area contributed by atoms with Gasteiger partial charge in [-0.25, -0.2) is 4.79 Å². The van der Waals surface area contributed by atoms with Crippen LogP contribution in [0.15, 0.2) is 9.59 Å². The van der Waals surface area contributed by atoms with Gasteiger partial charge in [0.2, 0.25) is 5.88 Å². The molecule has 2 N–H and O–H groups in total. The Morgan fingerprint density at radius 3 is 2.53 bits per heavy atom. The second-order valence-electron chi connectivity index (χ2n) is 5.29. The van der Waals surface area contributed by atoms with E-state index in [1.165, 1.54) is 30.8 Å². The molecular formula is C13H21N3O3. The highest BCUT2D eigenvalue weighted by Crippen LogP contribution is 2.17. The van der Waals surface area contributed by atoms with E-state index in [9.17, 15) is 14.7 Å². The van der Waals surface area contributed by atoms with Crippen LogP contribution in [0.5, 0.6) is 5.88 Å². The number of piperidine rings is 1. The molecule has 6 nitrogen and oxygen atoms in total. The number of nitrogens with zero attached hydrogens (tertiary/aromatic N) is 2. The molecule has 0 aromatic carbocycles. The lowest BCUT2D eigenvalue weighted by molar-refractivity contribution is 0.194. The first-order chi connectivity index (χ1) is 9.00. The summed E-state index contributed by atoms with van der Waals surface area (Å²) in [6.07, 6.45) is 3.62. The van der Waals surface area contributed by atoms with Crippen LogP contribution < -0.4 is 11.2 Å². The topological polar surface area (TPSA) is 78.3 Å². The van der Waals surface area contributed by atoms with E-state index in [1.807, 2.05) is 6.92 Å². The Labute approximate surface area is 111 Å². The molecule has 1 aromatic rings. The van der Waals surface area contributed by atoms with Crippen LogP contribution in [-0.4, -0.2) is 39.2 Å². The van der Waals surface area contributed by atoms with Gasteiger partial charge in [0.05, 0.1) is 11.6 Å². The van der Waals surface area contributed by atoms with E-state index in [1.54, 1.807) is 0 Å². The molecule has 0 aliphatic carbocycles.